The molecule has 8 heteroatoms. The van der Waals surface area contributed by atoms with Crippen LogP contribution in [-0.4, -0.2) is 39.4 Å². The Kier molecular flexibility index (Phi) is 6.81. The second kappa shape index (κ2) is 10.3. The second-order valence-corrected chi connectivity index (χ2v) is 9.30. The molecule has 6 nitrogen and oxygen atoms in total. The van der Waals surface area contributed by atoms with E-state index in [1.807, 2.05) is 30.3 Å². The molecule has 0 bridgehead atoms. The molecular weight excluding hydrogens is 474 g/mol. The Balaban J connectivity index is 1.41. The fraction of sp³-hybridized carbons (Fsp3) is 0.207. The van der Waals surface area contributed by atoms with Crippen LogP contribution in [0.5, 0.6) is 0 Å². The fourth-order valence-corrected chi connectivity index (χ4v) is 4.09. The van der Waals surface area contributed by atoms with Crippen LogP contribution in [0.25, 0.3) is 16.9 Å². The minimum absolute atomic E-state index is 0.192. The van der Waals surface area contributed by atoms with Crippen molar-refractivity contribution in [1.82, 2.24) is 14.5 Å². The van der Waals surface area contributed by atoms with Crippen LogP contribution in [0.1, 0.15) is 28.8 Å². The standard InChI is InChI=1S/C29H26F2N4O2/c1-19-7-14-24(15-25(19)31)35-17-26(21-5-3-2-4-6-21)32-29(35)33-27(36)18-34(16-20-8-9-20)28(37)22-10-12-23(30)13-11-22/h2-7,10-15,17,20H,8-9,16,18H2,1H3,(H,32,33,36). The average molecular weight is 501 g/mol. The van der Waals surface area contributed by atoms with E-state index in [1.54, 1.807) is 29.8 Å². The van der Waals surface area contributed by atoms with Gasteiger partial charge in [-0.1, -0.05) is 36.4 Å². The maximum Gasteiger partial charge on any atom is 0.254 e. The largest absolute Gasteiger partial charge is 0.329 e. The minimum atomic E-state index is -0.435. The predicted molar refractivity (Wildman–Crippen MR) is 137 cm³/mol. The van der Waals surface area contributed by atoms with Gasteiger partial charge in [-0.05, 0) is 67.6 Å². The van der Waals surface area contributed by atoms with Crippen molar-refractivity contribution in [3.05, 3.63) is 102 Å². The third kappa shape index (κ3) is 5.74. The number of nitrogens with zero attached hydrogens (tertiary/aromatic N) is 3. The van der Waals surface area contributed by atoms with Crippen molar-refractivity contribution in [2.75, 3.05) is 18.4 Å². The number of imidazole rings is 1. The molecule has 1 aliphatic rings. The predicted octanol–water partition coefficient (Wildman–Crippen LogP) is 5.62. The summed E-state index contributed by atoms with van der Waals surface area (Å²) in [5.41, 5.74) is 2.77. The molecule has 1 fully saturated rings. The summed E-state index contributed by atoms with van der Waals surface area (Å²) in [5.74, 6) is -1.01. The molecule has 0 spiro atoms. The number of aromatic nitrogens is 2. The number of rotatable bonds is 8. The van der Waals surface area contributed by atoms with E-state index >= 15 is 0 Å². The van der Waals surface area contributed by atoms with Gasteiger partial charge in [-0.25, -0.2) is 13.8 Å². The number of carbonyl (C=O) groups is 2. The third-order valence-electron chi connectivity index (χ3n) is 6.35. The highest BCUT2D eigenvalue weighted by Crippen LogP contribution is 2.30. The van der Waals surface area contributed by atoms with E-state index in [0.29, 0.717) is 35.0 Å². The molecule has 1 saturated carbocycles. The van der Waals surface area contributed by atoms with E-state index in [-0.39, 0.29) is 24.2 Å². The van der Waals surface area contributed by atoms with Crippen LogP contribution in [0.4, 0.5) is 14.7 Å². The van der Waals surface area contributed by atoms with Gasteiger partial charge in [-0.2, -0.15) is 0 Å². The minimum Gasteiger partial charge on any atom is -0.329 e. The monoisotopic (exact) mass is 500 g/mol. The topological polar surface area (TPSA) is 67.2 Å². The molecule has 1 aromatic heterocycles. The first kappa shape index (κ1) is 24.4. The molecule has 1 aliphatic carbocycles. The number of anilines is 1. The number of halogens is 2. The van der Waals surface area contributed by atoms with Crippen molar-refractivity contribution in [1.29, 1.82) is 0 Å². The first-order valence-electron chi connectivity index (χ1n) is 12.1. The van der Waals surface area contributed by atoms with Crippen molar-refractivity contribution in [3.8, 4) is 16.9 Å². The molecule has 0 aliphatic heterocycles. The van der Waals surface area contributed by atoms with E-state index < -0.39 is 11.7 Å². The van der Waals surface area contributed by atoms with Crippen molar-refractivity contribution in [2.24, 2.45) is 5.92 Å². The fourth-order valence-electron chi connectivity index (χ4n) is 4.09. The zero-order valence-corrected chi connectivity index (χ0v) is 20.3. The average Bonchev–Trinajstić information content (AvgIpc) is 3.62. The summed E-state index contributed by atoms with van der Waals surface area (Å²) in [4.78, 5) is 32.4. The van der Waals surface area contributed by atoms with E-state index in [1.165, 1.54) is 35.2 Å². The molecule has 1 N–H and O–H groups in total. The molecule has 0 atom stereocenters. The molecule has 5 rings (SSSR count). The molecular formula is C29H26F2N4O2. The van der Waals surface area contributed by atoms with Crippen molar-refractivity contribution >= 4 is 17.8 Å². The summed E-state index contributed by atoms with van der Waals surface area (Å²) in [6.45, 7) is 1.93. The molecule has 188 valence electrons. The molecule has 0 saturated heterocycles. The van der Waals surface area contributed by atoms with Crippen LogP contribution in [0.15, 0.2) is 79.0 Å². The van der Waals surface area contributed by atoms with Crippen LogP contribution in [0.3, 0.4) is 0 Å². The summed E-state index contributed by atoms with van der Waals surface area (Å²) in [6.07, 6.45) is 3.73. The van der Waals surface area contributed by atoms with Gasteiger partial charge < -0.3 is 4.90 Å². The van der Waals surface area contributed by atoms with Crippen LogP contribution in [-0.2, 0) is 4.79 Å². The first-order chi connectivity index (χ1) is 17.9. The van der Waals surface area contributed by atoms with Gasteiger partial charge >= 0.3 is 0 Å². The van der Waals surface area contributed by atoms with Gasteiger partial charge in [0.1, 0.15) is 18.2 Å². The highest BCUT2D eigenvalue weighted by atomic mass is 19.1. The van der Waals surface area contributed by atoms with Crippen molar-refractivity contribution < 1.29 is 18.4 Å². The Labute approximate surface area is 213 Å². The number of hydrogen-bond acceptors (Lipinski definition) is 3. The van der Waals surface area contributed by atoms with Gasteiger partial charge in [-0.3, -0.25) is 19.5 Å². The highest BCUT2D eigenvalue weighted by Gasteiger charge is 2.29. The molecule has 37 heavy (non-hydrogen) atoms. The summed E-state index contributed by atoms with van der Waals surface area (Å²) in [6, 6.07) is 19.5. The lowest BCUT2D eigenvalue weighted by Crippen LogP contribution is -2.39. The van der Waals surface area contributed by atoms with Gasteiger partial charge in [0.05, 0.1) is 11.4 Å². The number of amides is 2. The van der Waals surface area contributed by atoms with Crippen LogP contribution >= 0.6 is 0 Å². The summed E-state index contributed by atoms with van der Waals surface area (Å²) < 4.78 is 29.3. The highest BCUT2D eigenvalue weighted by molar-refractivity contribution is 5.99. The summed E-state index contributed by atoms with van der Waals surface area (Å²) in [7, 11) is 0. The zero-order chi connectivity index (χ0) is 25.9. The number of aryl methyl sites for hydroxylation is 1. The lowest BCUT2D eigenvalue weighted by Gasteiger charge is -2.22. The van der Waals surface area contributed by atoms with Crippen LogP contribution in [0, 0.1) is 24.5 Å². The Morgan fingerprint density at radius 2 is 1.76 bits per heavy atom. The smallest absolute Gasteiger partial charge is 0.254 e. The third-order valence-corrected chi connectivity index (χ3v) is 6.35. The maximum atomic E-state index is 14.4. The van der Waals surface area contributed by atoms with Gasteiger partial charge in [-0.15, -0.1) is 0 Å². The van der Waals surface area contributed by atoms with Crippen molar-refractivity contribution in [3.63, 3.8) is 0 Å². The molecule has 0 radical (unpaired) electrons. The normalized spacial score (nSPS) is 12.8. The van der Waals surface area contributed by atoms with Gasteiger partial charge in [0, 0.05) is 23.9 Å². The number of nitrogens with one attached hydrogen (secondary N) is 1. The number of carbonyl (C=O) groups excluding carboxylic acids is 2. The first-order valence-corrected chi connectivity index (χ1v) is 12.1. The quantitative estimate of drug-likeness (QED) is 0.342. The second-order valence-electron chi connectivity index (χ2n) is 9.30. The van der Waals surface area contributed by atoms with E-state index in [2.05, 4.69) is 10.3 Å². The van der Waals surface area contributed by atoms with Crippen LogP contribution < -0.4 is 5.32 Å². The lowest BCUT2D eigenvalue weighted by atomic mass is 10.2. The summed E-state index contributed by atoms with van der Waals surface area (Å²) >= 11 is 0. The van der Waals surface area contributed by atoms with Gasteiger partial charge in [0.2, 0.25) is 11.9 Å². The Hall–Kier alpha value is -4.33. The maximum absolute atomic E-state index is 14.4. The Morgan fingerprint density at radius 3 is 2.43 bits per heavy atom. The molecule has 2 amide bonds. The Morgan fingerprint density at radius 1 is 1.03 bits per heavy atom. The molecule has 4 aromatic rings. The van der Waals surface area contributed by atoms with Crippen molar-refractivity contribution in [2.45, 2.75) is 19.8 Å². The number of benzene rings is 3. The summed E-state index contributed by atoms with van der Waals surface area (Å²) in [5, 5.41) is 2.81. The van der Waals surface area contributed by atoms with E-state index in [0.717, 1.165) is 18.4 Å². The van der Waals surface area contributed by atoms with Crippen LogP contribution in [0.2, 0.25) is 0 Å². The van der Waals surface area contributed by atoms with Gasteiger partial charge in [0.25, 0.3) is 5.91 Å². The number of hydrogen-bond donors (Lipinski definition) is 1. The molecule has 1 heterocycles. The Bertz CT molecular complexity index is 1430. The zero-order valence-electron chi connectivity index (χ0n) is 20.3. The van der Waals surface area contributed by atoms with E-state index in [4.69, 9.17) is 0 Å². The van der Waals surface area contributed by atoms with E-state index in [9.17, 15) is 18.4 Å². The molecule has 0 unspecified atom stereocenters. The SMILES string of the molecule is Cc1ccc(-n2cc(-c3ccccc3)nc2NC(=O)CN(CC2CC2)C(=O)c2ccc(F)cc2)cc1F. The van der Waals surface area contributed by atoms with Gasteiger partial charge in [0.15, 0.2) is 0 Å². The lowest BCUT2D eigenvalue weighted by molar-refractivity contribution is -0.117. The molecule has 3 aromatic carbocycles.